The van der Waals surface area contributed by atoms with Gasteiger partial charge in [0.15, 0.2) is 10.5 Å². The highest BCUT2D eigenvalue weighted by Gasteiger charge is 2.64. The molecule has 2 aliphatic rings. The van der Waals surface area contributed by atoms with Crippen molar-refractivity contribution in [3.63, 3.8) is 0 Å². The van der Waals surface area contributed by atoms with Crippen molar-refractivity contribution in [1.29, 1.82) is 0 Å². The van der Waals surface area contributed by atoms with Crippen LogP contribution in [-0.4, -0.2) is 23.0 Å². The summed E-state index contributed by atoms with van der Waals surface area (Å²) in [7, 11) is 0. The molecule has 0 aromatic carbocycles. The highest BCUT2D eigenvalue weighted by Crippen LogP contribution is 2.49. The van der Waals surface area contributed by atoms with Crippen molar-refractivity contribution in [2.45, 2.75) is 12.1 Å². The topological polar surface area (TPSA) is 99.3 Å². The summed E-state index contributed by atoms with van der Waals surface area (Å²) in [5, 5.41) is 14.7. The number of amides is 4. The van der Waals surface area contributed by atoms with E-state index in [1.165, 1.54) is 22.7 Å². The van der Waals surface area contributed by atoms with Crippen molar-refractivity contribution in [2.75, 3.05) is 0 Å². The number of hydrogen-bond acceptors (Lipinski definition) is 6. The van der Waals surface area contributed by atoms with Gasteiger partial charge in [0.2, 0.25) is 11.8 Å². The van der Waals surface area contributed by atoms with E-state index in [1.54, 1.807) is 0 Å². The van der Waals surface area contributed by atoms with Crippen molar-refractivity contribution in [3.05, 3.63) is 44.8 Å². The Morgan fingerprint density at radius 2 is 1.36 bits per heavy atom. The van der Waals surface area contributed by atoms with Gasteiger partial charge in [-0.25, -0.2) is 4.79 Å². The van der Waals surface area contributed by atoms with Gasteiger partial charge in [0.25, 0.3) is 0 Å². The van der Waals surface area contributed by atoms with Crippen LogP contribution in [-0.2, 0) is 9.59 Å². The lowest BCUT2D eigenvalue weighted by Crippen LogP contribution is -2.73. The molecule has 4 N–H and O–H groups in total. The minimum absolute atomic E-state index is 0.347. The van der Waals surface area contributed by atoms with Gasteiger partial charge in [0.05, 0.1) is 12.1 Å². The highest BCUT2D eigenvalue weighted by molar-refractivity contribution is 7.80. The van der Waals surface area contributed by atoms with Crippen LogP contribution in [0, 0.1) is 5.41 Å². The molecule has 2 saturated heterocycles. The van der Waals surface area contributed by atoms with Crippen LogP contribution in [0.2, 0.25) is 0 Å². The second-order valence-corrected chi connectivity index (χ2v) is 7.99. The Balaban J connectivity index is 1.94. The number of carbonyl (C=O) groups excluding carboxylic acids is 3. The van der Waals surface area contributed by atoms with Gasteiger partial charge in [0.1, 0.15) is 0 Å². The molecule has 4 amide bonds. The van der Waals surface area contributed by atoms with Crippen molar-refractivity contribution in [3.8, 4) is 0 Å². The maximum Gasteiger partial charge on any atom is 0.328 e. The van der Waals surface area contributed by atoms with Crippen LogP contribution in [0.4, 0.5) is 4.79 Å². The smallest absolute Gasteiger partial charge is 0.328 e. The maximum absolute atomic E-state index is 13.0. The molecule has 2 fully saturated rings. The van der Waals surface area contributed by atoms with Gasteiger partial charge in [-0.05, 0) is 35.1 Å². The summed E-state index contributed by atoms with van der Waals surface area (Å²) < 4.78 is 0. The number of thiophene rings is 2. The second-order valence-electron chi connectivity index (χ2n) is 5.62. The molecule has 4 heterocycles. The van der Waals surface area contributed by atoms with Crippen molar-refractivity contribution in [1.82, 2.24) is 21.3 Å². The number of nitrogens with one attached hydrogen (secondary N) is 4. The lowest BCUT2D eigenvalue weighted by atomic mass is 9.68. The molecule has 0 aliphatic carbocycles. The molecule has 2 aromatic rings. The summed E-state index contributed by atoms with van der Waals surface area (Å²) in [5.74, 6) is -1.30. The highest BCUT2D eigenvalue weighted by atomic mass is 32.1. The van der Waals surface area contributed by atoms with Crippen LogP contribution >= 0.6 is 34.9 Å². The Morgan fingerprint density at radius 3 is 1.76 bits per heavy atom. The molecule has 128 valence electrons. The van der Waals surface area contributed by atoms with E-state index in [0.717, 1.165) is 9.75 Å². The van der Waals surface area contributed by atoms with Crippen LogP contribution in [0.15, 0.2) is 35.0 Å². The average molecular weight is 392 g/mol. The molecule has 0 saturated carbocycles. The first-order valence-corrected chi connectivity index (χ1v) is 9.51. The van der Waals surface area contributed by atoms with E-state index in [-0.39, 0.29) is 0 Å². The molecule has 25 heavy (non-hydrogen) atoms. The largest absolute Gasteiger partial charge is 0.353 e. The van der Waals surface area contributed by atoms with Crippen LogP contribution in [0.1, 0.15) is 21.8 Å². The van der Waals surface area contributed by atoms with Gasteiger partial charge in [0, 0.05) is 9.75 Å². The fourth-order valence-corrected chi connectivity index (χ4v) is 5.21. The zero-order valence-electron chi connectivity index (χ0n) is 12.6. The van der Waals surface area contributed by atoms with E-state index in [9.17, 15) is 14.4 Å². The molecule has 0 radical (unpaired) electrons. The monoisotopic (exact) mass is 392 g/mol. The van der Waals surface area contributed by atoms with Gasteiger partial charge < -0.3 is 10.6 Å². The van der Waals surface area contributed by atoms with Crippen LogP contribution in [0.5, 0.6) is 0 Å². The standard InChI is InChI=1S/C15H12N4O3S3/c20-11-15(12(21)19-13(22)18-11)9(7-3-1-5-24-7)16-14(23)17-10(15)8-4-2-6-25-8/h1-6,9-10H,(H2,16,17,23)(H2,18,19,20,21,22). The van der Waals surface area contributed by atoms with Crippen LogP contribution in [0.3, 0.4) is 0 Å². The van der Waals surface area contributed by atoms with Gasteiger partial charge in [-0.1, -0.05) is 12.1 Å². The summed E-state index contributed by atoms with van der Waals surface area (Å²) in [6, 6.07) is 5.14. The number of barbiturate groups is 1. The number of carbonyl (C=O) groups is 3. The Hall–Kier alpha value is -2.30. The van der Waals surface area contributed by atoms with Crippen LogP contribution < -0.4 is 21.3 Å². The van der Waals surface area contributed by atoms with Gasteiger partial charge >= 0.3 is 6.03 Å². The number of imide groups is 2. The lowest BCUT2D eigenvalue weighted by molar-refractivity contribution is -0.149. The molecule has 1 spiro atoms. The lowest BCUT2D eigenvalue weighted by Gasteiger charge is -2.48. The van der Waals surface area contributed by atoms with E-state index >= 15 is 0 Å². The predicted octanol–water partition coefficient (Wildman–Crippen LogP) is 1.42. The Kier molecular flexibility index (Phi) is 3.82. The molecule has 0 bridgehead atoms. The third kappa shape index (κ3) is 2.36. The van der Waals surface area contributed by atoms with Gasteiger partial charge in [-0.15, -0.1) is 22.7 Å². The summed E-state index contributed by atoms with van der Waals surface area (Å²) in [6.45, 7) is 0. The normalized spacial score (nSPS) is 25.1. The first-order chi connectivity index (χ1) is 12.0. The Bertz CT molecular complexity index is 794. The first kappa shape index (κ1) is 16.2. The molecular formula is C15H12N4O3S3. The van der Waals surface area contributed by atoms with E-state index < -0.39 is 35.3 Å². The van der Waals surface area contributed by atoms with Crippen molar-refractivity contribution >= 4 is 57.8 Å². The number of hydrogen-bond donors (Lipinski definition) is 4. The molecular weight excluding hydrogens is 380 g/mol. The zero-order chi connectivity index (χ0) is 17.6. The summed E-state index contributed by atoms with van der Waals surface area (Å²) >= 11 is 8.14. The minimum atomic E-state index is -1.59. The van der Waals surface area contributed by atoms with E-state index in [0.29, 0.717) is 5.11 Å². The fraction of sp³-hybridized carbons (Fsp3) is 0.200. The van der Waals surface area contributed by atoms with Crippen molar-refractivity contribution in [2.24, 2.45) is 5.41 Å². The molecule has 10 heteroatoms. The summed E-state index contributed by atoms with van der Waals surface area (Å²) in [5.41, 5.74) is -1.59. The van der Waals surface area contributed by atoms with Gasteiger partial charge in [-0.2, -0.15) is 0 Å². The number of urea groups is 1. The summed E-state index contributed by atoms with van der Waals surface area (Å²) in [6.07, 6.45) is 0. The molecule has 2 aliphatic heterocycles. The first-order valence-electron chi connectivity index (χ1n) is 7.34. The molecule has 7 nitrogen and oxygen atoms in total. The van der Waals surface area contributed by atoms with Crippen LogP contribution in [0.25, 0.3) is 0 Å². The predicted molar refractivity (Wildman–Crippen MR) is 97.1 cm³/mol. The molecule has 2 atom stereocenters. The molecule has 2 unspecified atom stereocenters. The maximum atomic E-state index is 13.0. The average Bonchev–Trinajstić information content (AvgIpc) is 3.26. The minimum Gasteiger partial charge on any atom is -0.353 e. The molecule has 4 rings (SSSR count). The van der Waals surface area contributed by atoms with E-state index in [4.69, 9.17) is 12.2 Å². The molecule has 2 aromatic heterocycles. The quantitative estimate of drug-likeness (QED) is 0.456. The summed E-state index contributed by atoms with van der Waals surface area (Å²) in [4.78, 5) is 39.2. The third-order valence-electron chi connectivity index (χ3n) is 4.32. The Morgan fingerprint density at radius 1 is 0.880 bits per heavy atom. The number of rotatable bonds is 2. The zero-order valence-corrected chi connectivity index (χ0v) is 15.0. The number of thiocarbonyl (C=S) groups is 1. The Labute approximate surface area is 155 Å². The third-order valence-corrected chi connectivity index (χ3v) is 6.43. The van der Waals surface area contributed by atoms with Crippen molar-refractivity contribution < 1.29 is 14.4 Å². The SMILES string of the molecule is O=C1NC(=O)C2(C(=O)N1)C(c1cccs1)NC(=S)NC2c1cccs1. The van der Waals surface area contributed by atoms with Gasteiger partial charge in [-0.3, -0.25) is 20.2 Å². The van der Waals surface area contributed by atoms with E-state index in [1.807, 2.05) is 35.0 Å². The fourth-order valence-electron chi connectivity index (χ4n) is 3.27. The van der Waals surface area contributed by atoms with E-state index in [2.05, 4.69) is 21.3 Å². The second kappa shape index (κ2) is 5.90.